The van der Waals surface area contributed by atoms with Crippen LogP contribution in [0.3, 0.4) is 0 Å². The van der Waals surface area contributed by atoms with Gasteiger partial charge in [0.25, 0.3) is 0 Å². The van der Waals surface area contributed by atoms with Gasteiger partial charge in [0.05, 0.1) is 6.10 Å². The molecule has 0 bridgehead atoms. The highest BCUT2D eigenvalue weighted by molar-refractivity contribution is 5.69. The molecule has 94 valence electrons. The maximum atomic E-state index is 11.4. The van der Waals surface area contributed by atoms with Gasteiger partial charge in [-0.1, -0.05) is 12.1 Å². The summed E-state index contributed by atoms with van der Waals surface area (Å²) in [7, 11) is 1.59. The first-order valence-corrected chi connectivity index (χ1v) is 5.64. The molecule has 1 aromatic carbocycles. The van der Waals surface area contributed by atoms with Gasteiger partial charge >= 0.3 is 5.97 Å². The second-order valence-electron chi connectivity index (χ2n) is 3.97. The van der Waals surface area contributed by atoms with E-state index in [2.05, 4.69) is 0 Å². The highest BCUT2D eigenvalue weighted by Crippen LogP contribution is 2.08. The number of methoxy groups -OCH3 is 1. The first kappa shape index (κ1) is 13.5. The third-order valence-electron chi connectivity index (χ3n) is 2.48. The Morgan fingerprint density at radius 1 is 1.35 bits per heavy atom. The molecule has 1 unspecified atom stereocenters. The van der Waals surface area contributed by atoms with Crippen molar-refractivity contribution in [1.82, 2.24) is 0 Å². The number of esters is 1. The number of hydrogen-bond donors (Lipinski definition) is 1. The van der Waals surface area contributed by atoms with E-state index in [1.165, 1.54) is 0 Å². The van der Waals surface area contributed by atoms with Crippen LogP contribution in [0.5, 0.6) is 0 Å². The number of hydrogen-bond acceptors (Lipinski definition) is 4. The molecule has 1 rings (SSSR count). The molecule has 0 amide bonds. The third kappa shape index (κ3) is 5.36. The number of carbonyl (C=O) groups is 1. The monoisotopic (exact) mass is 237 g/mol. The number of rotatable bonds is 6. The summed E-state index contributed by atoms with van der Waals surface area (Å²) in [5.74, 6) is -0.203. The van der Waals surface area contributed by atoms with Crippen molar-refractivity contribution in [3.8, 4) is 0 Å². The SMILES string of the molecule is COC(C)COC(=O)CCc1ccc(N)cc1. The molecular weight excluding hydrogens is 218 g/mol. The van der Waals surface area contributed by atoms with Crippen LogP contribution in [0.4, 0.5) is 5.69 Å². The zero-order valence-corrected chi connectivity index (χ0v) is 10.3. The fourth-order valence-corrected chi connectivity index (χ4v) is 1.28. The molecule has 0 radical (unpaired) electrons. The number of benzene rings is 1. The van der Waals surface area contributed by atoms with Crippen LogP contribution in [0.15, 0.2) is 24.3 Å². The molecule has 1 aromatic rings. The summed E-state index contributed by atoms with van der Waals surface area (Å²) in [6.07, 6.45) is 0.983. The molecule has 0 saturated heterocycles. The highest BCUT2D eigenvalue weighted by atomic mass is 16.6. The second-order valence-corrected chi connectivity index (χ2v) is 3.97. The normalized spacial score (nSPS) is 12.1. The Morgan fingerprint density at radius 2 is 2.00 bits per heavy atom. The molecule has 0 aliphatic rings. The molecule has 0 fully saturated rings. The molecule has 4 nitrogen and oxygen atoms in total. The van der Waals surface area contributed by atoms with Crippen molar-refractivity contribution in [2.75, 3.05) is 19.5 Å². The number of anilines is 1. The van der Waals surface area contributed by atoms with Gasteiger partial charge in [-0.3, -0.25) is 4.79 Å². The summed E-state index contributed by atoms with van der Waals surface area (Å²) in [6, 6.07) is 7.49. The van der Waals surface area contributed by atoms with Crippen LogP contribution in [0.2, 0.25) is 0 Å². The van der Waals surface area contributed by atoms with Crippen molar-refractivity contribution in [3.63, 3.8) is 0 Å². The van der Waals surface area contributed by atoms with E-state index in [4.69, 9.17) is 15.2 Å². The second kappa shape index (κ2) is 6.91. The fraction of sp³-hybridized carbons (Fsp3) is 0.462. The van der Waals surface area contributed by atoms with Crippen molar-refractivity contribution in [2.45, 2.75) is 25.9 Å². The maximum absolute atomic E-state index is 11.4. The Morgan fingerprint density at radius 3 is 2.59 bits per heavy atom. The minimum Gasteiger partial charge on any atom is -0.463 e. The average molecular weight is 237 g/mol. The average Bonchev–Trinajstić information content (AvgIpc) is 2.35. The predicted octanol–water partition coefficient (Wildman–Crippen LogP) is 1.78. The fourth-order valence-electron chi connectivity index (χ4n) is 1.28. The maximum Gasteiger partial charge on any atom is 0.306 e. The number of ether oxygens (including phenoxy) is 2. The van der Waals surface area contributed by atoms with Gasteiger partial charge in [0.15, 0.2) is 0 Å². The number of carbonyl (C=O) groups excluding carboxylic acids is 1. The van der Waals surface area contributed by atoms with Crippen molar-refractivity contribution in [1.29, 1.82) is 0 Å². The van der Waals surface area contributed by atoms with Gasteiger partial charge in [0, 0.05) is 19.2 Å². The van der Waals surface area contributed by atoms with Crippen LogP contribution in [0.25, 0.3) is 0 Å². The molecule has 17 heavy (non-hydrogen) atoms. The third-order valence-corrected chi connectivity index (χ3v) is 2.48. The van der Waals surface area contributed by atoms with Gasteiger partial charge in [0.2, 0.25) is 0 Å². The molecule has 4 heteroatoms. The molecule has 0 saturated carbocycles. The van der Waals surface area contributed by atoms with Crippen LogP contribution >= 0.6 is 0 Å². The van der Waals surface area contributed by atoms with Gasteiger partial charge in [-0.15, -0.1) is 0 Å². The Labute approximate surface area is 102 Å². The van der Waals surface area contributed by atoms with Crippen LogP contribution in [-0.2, 0) is 20.7 Å². The Balaban J connectivity index is 2.26. The standard InChI is InChI=1S/C13H19NO3/c1-10(16-2)9-17-13(15)8-5-11-3-6-12(14)7-4-11/h3-4,6-7,10H,5,8-9,14H2,1-2H3. The van der Waals surface area contributed by atoms with Crippen molar-refractivity contribution < 1.29 is 14.3 Å². The van der Waals surface area contributed by atoms with E-state index < -0.39 is 0 Å². The lowest BCUT2D eigenvalue weighted by Crippen LogP contribution is -2.17. The molecular formula is C13H19NO3. The number of nitrogen functional groups attached to an aromatic ring is 1. The summed E-state index contributed by atoms with van der Waals surface area (Å²) >= 11 is 0. The zero-order valence-electron chi connectivity index (χ0n) is 10.3. The first-order valence-electron chi connectivity index (χ1n) is 5.64. The summed E-state index contributed by atoms with van der Waals surface area (Å²) in [5.41, 5.74) is 7.38. The van der Waals surface area contributed by atoms with Crippen LogP contribution in [-0.4, -0.2) is 25.8 Å². The van der Waals surface area contributed by atoms with Crippen molar-refractivity contribution >= 4 is 11.7 Å². The van der Waals surface area contributed by atoms with Crippen molar-refractivity contribution in [2.24, 2.45) is 0 Å². The summed E-state index contributed by atoms with van der Waals surface area (Å²) in [6.45, 7) is 2.16. The minimum atomic E-state index is -0.203. The Hall–Kier alpha value is -1.55. The number of aryl methyl sites for hydroxylation is 1. The molecule has 1 atom stereocenters. The van der Waals surface area contributed by atoms with Gasteiger partial charge in [-0.25, -0.2) is 0 Å². The van der Waals surface area contributed by atoms with Crippen molar-refractivity contribution in [3.05, 3.63) is 29.8 Å². The van der Waals surface area contributed by atoms with E-state index in [1.54, 1.807) is 7.11 Å². The molecule has 0 aliphatic heterocycles. The highest BCUT2D eigenvalue weighted by Gasteiger charge is 2.06. The molecule has 2 N–H and O–H groups in total. The molecule has 0 aliphatic carbocycles. The van der Waals surface area contributed by atoms with E-state index in [0.717, 1.165) is 11.3 Å². The number of nitrogens with two attached hydrogens (primary N) is 1. The van der Waals surface area contributed by atoms with Gasteiger partial charge in [-0.05, 0) is 31.0 Å². The largest absolute Gasteiger partial charge is 0.463 e. The first-order chi connectivity index (χ1) is 8.11. The molecule has 0 aromatic heterocycles. The smallest absolute Gasteiger partial charge is 0.306 e. The quantitative estimate of drug-likeness (QED) is 0.605. The van der Waals surface area contributed by atoms with Gasteiger partial charge < -0.3 is 15.2 Å². The zero-order chi connectivity index (χ0) is 12.7. The van der Waals surface area contributed by atoms with Crippen LogP contribution in [0.1, 0.15) is 18.9 Å². The van der Waals surface area contributed by atoms with E-state index in [1.807, 2.05) is 31.2 Å². The molecule has 0 spiro atoms. The topological polar surface area (TPSA) is 61.5 Å². The summed E-state index contributed by atoms with van der Waals surface area (Å²) < 4.78 is 10.0. The summed E-state index contributed by atoms with van der Waals surface area (Å²) in [5, 5.41) is 0. The van der Waals surface area contributed by atoms with Crippen LogP contribution in [0, 0.1) is 0 Å². The van der Waals surface area contributed by atoms with E-state index in [0.29, 0.717) is 19.4 Å². The lowest BCUT2D eigenvalue weighted by molar-refractivity contribution is -0.146. The molecule has 0 heterocycles. The van der Waals surface area contributed by atoms with E-state index in [9.17, 15) is 4.79 Å². The Bertz CT molecular complexity index is 348. The van der Waals surface area contributed by atoms with Crippen LogP contribution < -0.4 is 5.73 Å². The minimum absolute atomic E-state index is 0.0597. The predicted molar refractivity (Wildman–Crippen MR) is 66.6 cm³/mol. The summed E-state index contributed by atoms with van der Waals surface area (Å²) in [4.78, 5) is 11.4. The van der Waals surface area contributed by atoms with Gasteiger partial charge in [0.1, 0.15) is 6.61 Å². The lowest BCUT2D eigenvalue weighted by atomic mass is 10.1. The van der Waals surface area contributed by atoms with Gasteiger partial charge in [-0.2, -0.15) is 0 Å². The lowest BCUT2D eigenvalue weighted by Gasteiger charge is -2.10. The Kier molecular flexibility index (Phi) is 5.49. The van der Waals surface area contributed by atoms with E-state index >= 15 is 0 Å². The van der Waals surface area contributed by atoms with E-state index in [-0.39, 0.29) is 12.1 Å².